The maximum Gasteiger partial charge on any atom is 0.303 e. The van der Waals surface area contributed by atoms with Crippen LogP contribution in [0.3, 0.4) is 0 Å². The number of hydrogen-bond donors (Lipinski definition) is 1. The summed E-state index contributed by atoms with van der Waals surface area (Å²) in [5.74, 6) is -0.737. The fourth-order valence-corrected chi connectivity index (χ4v) is 6.46. The third-order valence-corrected chi connectivity index (χ3v) is 8.91. The Morgan fingerprint density at radius 1 is 0.795 bits per heavy atom. The van der Waals surface area contributed by atoms with Crippen LogP contribution in [0.5, 0.6) is 0 Å². The van der Waals surface area contributed by atoms with Crippen molar-refractivity contribution in [3.05, 3.63) is 102 Å². The first-order valence-corrected chi connectivity index (χ1v) is 14.1. The van der Waals surface area contributed by atoms with Crippen LogP contribution in [0.2, 0.25) is 0 Å². The summed E-state index contributed by atoms with van der Waals surface area (Å²) < 4.78 is 2.39. The highest BCUT2D eigenvalue weighted by Gasteiger charge is 2.37. The van der Waals surface area contributed by atoms with Gasteiger partial charge in [0.1, 0.15) is 0 Å². The lowest BCUT2D eigenvalue weighted by Gasteiger charge is -2.42. The van der Waals surface area contributed by atoms with Gasteiger partial charge in [-0.1, -0.05) is 82.3 Å². The number of carboxylic acids is 1. The highest BCUT2D eigenvalue weighted by atomic mass is 16.4. The molecule has 3 nitrogen and oxygen atoms in total. The number of carboxylic acid groups (broad SMARTS) is 1. The van der Waals surface area contributed by atoms with Crippen molar-refractivity contribution in [2.45, 2.75) is 70.6 Å². The molecular formula is C36H37NO2. The number of aryl methyl sites for hydroxylation is 1. The zero-order valence-electron chi connectivity index (χ0n) is 23.4. The number of fused-ring (bicyclic) bond motifs is 4. The highest BCUT2D eigenvalue weighted by molar-refractivity contribution is 6.09. The van der Waals surface area contributed by atoms with Gasteiger partial charge in [-0.25, -0.2) is 0 Å². The van der Waals surface area contributed by atoms with Crippen molar-refractivity contribution in [1.82, 2.24) is 4.57 Å². The van der Waals surface area contributed by atoms with Crippen LogP contribution in [-0.2, 0) is 22.0 Å². The first-order chi connectivity index (χ1) is 18.6. The normalized spacial score (nSPS) is 15.9. The molecule has 198 valence electrons. The lowest BCUT2D eigenvalue weighted by atomic mass is 9.63. The van der Waals surface area contributed by atoms with E-state index in [1.165, 1.54) is 62.5 Å². The van der Waals surface area contributed by atoms with E-state index >= 15 is 0 Å². The van der Waals surface area contributed by atoms with Crippen LogP contribution in [0.15, 0.2) is 84.9 Å². The zero-order valence-corrected chi connectivity index (χ0v) is 23.4. The van der Waals surface area contributed by atoms with Crippen molar-refractivity contribution in [2.75, 3.05) is 0 Å². The van der Waals surface area contributed by atoms with E-state index in [-0.39, 0.29) is 17.3 Å². The summed E-state index contributed by atoms with van der Waals surface area (Å²) in [5.41, 5.74) is 9.18. The number of benzene rings is 4. The highest BCUT2D eigenvalue weighted by Crippen LogP contribution is 2.47. The first kappa shape index (κ1) is 25.4. The molecule has 1 heterocycles. The Balaban J connectivity index is 1.53. The predicted molar refractivity (Wildman–Crippen MR) is 162 cm³/mol. The lowest BCUT2D eigenvalue weighted by Crippen LogP contribution is -2.33. The summed E-state index contributed by atoms with van der Waals surface area (Å²) in [5, 5.41) is 12.8. The van der Waals surface area contributed by atoms with E-state index in [0.717, 1.165) is 12.1 Å². The van der Waals surface area contributed by atoms with Gasteiger partial charge in [-0.05, 0) is 99.9 Å². The van der Waals surface area contributed by atoms with Gasteiger partial charge in [0.25, 0.3) is 0 Å². The van der Waals surface area contributed by atoms with E-state index < -0.39 is 5.97 Å². The van der Waals surface area contributed by atoms with Crippen LogP contribution >= 0.6 is 0 Å². The van der Waals surface area contributed by atoms with Gasteiger partial charge >= 0.3 is 5.97 Å². The summed E-state index contributed by atoms with van der Waals surface area (Å²) >= 11 is 0. The molecule has 0 amide bonds. The Hall–Kier alpha value is -3.85. The second kappa shape index (κ2) is 9.41. The summed E-state index contributed by atoms with van der Waals surface area (Å²) in [7, 11) is 0. The van der Waals surface area contributed by atoms with E-state index in [1.807, 2.05) is 0 Å². The molecule has 1 aliphatic carbocycles. The van der Waals surface area contributed by atoms with E-state index in [1.54, 1.807) is 0 Å². The second-order valence-electron chi connectivity index (χ2n) is 12.5. The third kappa shape index (κ3) is 4.54. The number of aliphatic carboxylic acids is 1. The van der Waals surface area contributed by atoms with Crippen molar-refractivity contribution >= 4 is 27.6 Å². The van der Waals surface area contributed by atoms with Gasteiger partial charge in [-0.3, -0.25) is 4.79 Å². The van der Waals surface area contributed by atoms with Gasteiger partial charge in [-0.2, -0.15) is 0 Å². The van der Waals surface area contributed by atoms with Crippen LogP contribution in [0.4, 0.5) is 0 Å². The van der Waals surface area contributed by atoms with Crippen molar-refractivity contribution < 1.29 is 9.90 Å². The minimum absolute atomic E-state index is 0.141. The minimum Gasteiger partial charge on any atom is -0.481 e. The average Bonchev–Trinajstić information content (AvgIpc) is 3.32. The molecule has 0 radical (unpaired) electrons. The molecule has 0 unspecified atom stereocenters. The molecule has 1 aromatic heterocycles. The molecule has 6 rings (SSSR count). The standard InChI is InChI=1S/C36H37NO2/c1-35(2)20-21-36(3,4)31-22-26(14-18-30(31)35)33-23-29-28-10-6-5-9-25(28)15-19-32(29)37(33)27-16-12-24(13-17-27)8-7-11-34(38)39/h5-6,9-10,12-19,22-23H,7-8,11,20-21H2,1-4H3,(H,38,39). The number of carbonyl (C=O) groups is 1. The molecule has 0 aliphatic heterocycles. The number of hydrogen-bond acceptors (Lipinski definition) is 1. The van der Waals surface area contributed by atoms with E-state index in [2.05, 4.69) is 117 Å². The van der Waals surface area contributed by atoms with Gasteiger partial charge in [0.2, 0.25) is 0 Å². The fourth-order valence-electron chi connectivity index (χ4n) is 6.46. The van der Waals surface area contributed by atoms with Crippen LogP contribution in [-0.4, -0.2) is 15.6 Å². The summed E-state index contributed by atoms with van der Waals surface area (Å²) in [6.07, 6.45) is 4.02. The molecule has 0 fully saturated rings. The van der Waals surface area contributed by atoms with E-state index in [4.69, 9.17) is 5.11 Å². The molecule has 0 saturated heterocycles. The number of nitrogens with zero attached hydrogens (tertiary/aromatic N) is 1. The van der Waals surface area contributed by atoms with Crippen LogP contribution in [0.1, 0.15) is 70.1 Å². The molecule has 0 saturated carbocycles. The third-order valence-electron chi connectivity index (χ3n) is 8.91. The van der Waals surface area contributed by atoms with Crippen LogP contribution in [0, 0.1) is 0 Å². The molecule has 39 heavy (non-hydrogen) atoms. The molecule has 1 N–H and O–H groups in total. The molecule has 0 spiro atoms. The smallest absolute Gasteiger partial charge is 0.303 e. The topological polar surface area (TPSA) is 42.2 Å². The van der Waals surface area contributed by atoms with Crippen molar-refractivity contribution in [3.8, 4) is 16.9 Å². The molecule has 0 atom stereocenters. The van der Waals surface area contributed by atoms with E-state index in [0.29, 0.717) is 6.42 Å². The quantitative estimate of drug-likeness (QED) is 0.245. The largest absolute Gasteiger partial charge is 0.481 e. The fraction of sp³-hybridized carbons (Fsp3) is 0.306. The zero-order chi connectivity index (χ0) is 27.4. The SMILES string of the molecule is CC1(C)CCC(C)(C)c2cc(-c3cc4c5ccccc5ccc4n3-c3ccc(CCCC(=O)O)cc3)ccc21. The van der Waals surface area contributed by atoms with Gasteiger partial charge in [0.05, 0.1) is 11.2 Å². The Labute approximate surface area is 231 Å². The van der Waals surface area contributed by atoms with Crippen molar-refractivity contribution in [2.24, 2.45) is 0 Å². The predicted octanol–water partition coefficient (Wildman–Crippen LogP) is 9.21. The monoisotopic (exact) mass is 515 g/mol. The van der Waals surface area contributed by atoms with Crippen molar-refractivity contribution in [3.63, 3.8) is 0 Å². The Morgan fingerprint density at radius 3 is 2.26 bits per heavy atom. The van der Waals surface area contributed by atoms with Gasteiger partial charge in [-0.15, -0.1) is 0 Å². The van der Waals surface area contributed by atoms with Crippen molar-refractivity contribution in [1.29, 1.82) is 0 Å². The molecule has 0 bridgehead atoms. The summed E-state index contributed by atoms with van der Waals surface area (Å²) in [6.45, 7) is 9.53. The minimum atomic E-state index is -0.737. The summed E-state index contributed by atoms with van der Waals surface area (Å²) in [4.78, 5) is 11.0. The molecule has 4 aromatic carbocycles. The Bertz CT molecular complexity index is 1700. The van der Waals surface area contributed by atoms with Crippen LogP contribution < -0.4 is 0 Å². The Morgan fingerprint density at radius 2 is 1.51 bits per heavy atom. The van der Waals surface area contributed by atoms with Gasteiger partial charge in [0.15, 0.2) is 0 Å². The average molecular weight is 516 g/mol. The van der Waals surface area contributed by atoms with Gasteiger partial charge in [0, 0.05) is 17.5 Å². The Kier molecular flexibility index (Phi) is 6.14. The molecule has 5 aromatic rings. The molecule has 3 heteroatoms. The van der Waals surface area contributed by atoms with E-state index in [9.17, 15) is 4.79 Å². The maximum atomic E-state index is 11.0. The van der Waals surface area contributed by atoms with Crippen LogP contribution in [0.25, 0.3) is 38.6 Å². The lowest BCUT2D eigenvalue weighted by molar-refractivity contribution is -0.137. The van der Waals surface area contributed by atoms with Gasteiger partial charge < -0.3 is 9.67 Å². The maximum absolute atomic E-state index is 11.0. The number of rotatable bonds is 6. The first-order valence-electron chi connectivity index (χ1n) is 14.1. The molecule has 1 aliphatic rings. The second-order valence-corrected chi connectivity index (χ2v) is 12.5. The number of aromatic nitrogens is 1. The molecular weight excluding hydrogens is 478 g/mol. The summed E-state index contributed by atoms with van der Waals surface area (Å²) in [6, 6.07) is 31.2.